The highest BCUT2D eigenvalue weighted by Gasteiger charge is 2.24. The molecule has 1 saturated carbocycles. The highest BCUT2D eigenvalue weighted by Crippen LogP contribution is 2.48. The minimum Gasteiger partial charge on any atom is -0.351 e. The average Bonchev–Trinajstić information content (AvgIpc) is 3.63. The van der Waals surface area contributed by atoms with E-state index < -0.39 is 25.1 Å². The summed E-state index contributed by atoms with van der Waals surface area (Å²) in [5.41, 5.74) is 2.95. The van der Waals surface area contributed by atoms with Gasteiger partial charge in [-0.15, -0.1) is 0 Å². The first kappa shape index (κ1) is 27.6. The quantitative estimate of drug-likeness (QED) is 0.210. The van der Waals surface area contributed by atoms with Crippen molar-refractivity contribution in [2.45, 2.75) is 39.5 Å². The third kappa shape index (κ3) is 7.98. The number of amides is 1. The normalized spacial score (nSPS) is 13.6. The van der Waals surface area contributed by atoms with Gasteiger partial charge in [0.1, 0.15) is 0 Å². The number of carbonyl (C=O) groups is 1. The molecule has 11 heteroatoms. The van der Waals surface area contributed by atoms with Crippen LogP contribution in [0.3, 0.4) is 0 Å². The van der Waals surface area contributed by atoms with Gasteiger partial charge in [-0.3, -0.25) is 14.2 Å². The van der Waals surface area contributed by atoms with E-state index in [4.69, 9.17) is 25.5 Å². The number of anilines is 2. The molecule has 2 aromatic carbocycles. The number of carbonyl (C=O) groups excluding carboxylic acids is 1. The molecule has 0 aromatic heterocycles. The van der Waals surface area contributed by atoms with Gasteiger partial charge in [0.25, 0.3) is 5.91 Å². The van der Waals surface area contributed by atoms with Gasteiger partial charge in [-0.2, -0.15) is 0 Å². The van der Waals surface area contributed by atoms with E-state index in [-0.39, 0.29) is 22.4 Å². The number of aryl methyl sites for hydroxylation is 1. The van der Waals surface area contributed by atoms with Crippen molar-refractivity contribution >= 4 is 36.5 Å². The zero-order valence-corrected chi connectivity index (χ0v) is 21.4. The van der Waals surface area contributed by atoms with E-state index in [0.29, 0.717) is 44.3 Å². The highest BCUT2D eigenvalue weighted by molar-refractivity contribution is 7.53. The van der Waals surface area contributed by atoms with Crippen LogP contribution in [0, 0.1) is 17.6 Å². The van der Waals surface area contributed by atoms with Gasteiger partial charge in [-0.25, -0.2) is 14.3 Å². The van der Waals surface area contributed by atoms with Crippen molar-refractivity contribution < 1.29 is 32.0 Å². The fourth-order valence-electron chi connectivity index (χ4n) is 3.41. The van der Waals surface area contributed by atoms with Crippen LogP contribution in [-0.2, 0) is 24.9 Å². The number of nitrogens with one attached hydrogen (secondary N) is 2. The maximum absolute atomic E-state index is 14.6. The van der Waals surface area contributed by atoms with Crippen molar-refractivity contribution in [3.63, 3.8) is 0 Å². The van der Waals surface area contributed by atoms with Crippen LogP contribution < -0.4 is 10.8 Å². The second kappa shape index (κ2) is 12.8. The maximum Gasteiger partial charge on any atom is 0.330 e. The van der Waals surface area contributed by atoms with Crippen LogP contribution in [0.5, 0.6) is 0 Å². The summed E-state index contributed by atoms with van der Waals surface area (Å²) in [6.45, 7) is 4.49. The molecule has 0 bridgehead atoms. The summed E-state index contributed by atoms with van der Waals surface area (Å²) in [7, 11) is -3.13. The molecule has 1 aliphatic carbocycles. The molecule has 1 fully saturated rings. The molecule has 0 atom stereocenters. The van der Waals surface area contributed by atoms with Crippen molar-refractivity contribution in [3.8, 4) is 0 Å². The molecule has 0 saturated heterocycles. The Labute approximate surface area is 209 Å². The molecule has 35 heavy (non-hydrogen) atoms. The van der Waals surface area contributed by atoms with Gasteiger partial charge in [-0.05, 0) is 75.3 Å². The summed E-state index contributed by atoms with van der Waals surface area (Å²) < 4.78 is 51.8. The monoisotopic (exact) mass is 530 g/mol. The Balaban J connectivity index is 1.68. The summed E-state index contributed by atoms with van der Waals surface area (Å²) >= 11 is 6.39. The minimum absolute atomic E-state index is 0.123. The van der Waals surface area contributed by atoms with E-state index in [1.807, 2.05) is 0 Å². The fourth-order valence-corrected chi connectivity index (χ4v) is 5.33. The number of benzene rings is 2. The van der Waals surface area contributed by atoms with Gasteiger partial charge in [0.2, 0.25) is 0 Å². The van der Waals surface area contributed by atoms with Gasteiger partial charge in [0, 0.05) is 0 Å². The van der Waals surface area contributed by atoms with Crippen LogP contribution >= 0.6 is 19.2 Å². The summed E-state index contributed by atoms with van der Waals surface area (Å²) in [4.78, 5) is 17.7. The van der Waals surface area contributed by atoms with Gasteiger partial charge in [0.05, 0.1) is 47.9 Å². The standard InChI is InChI=1S/C24H30ClF2N2O5P/c1-3-33-35(31,34-4-2)13-5-6-16-9-12-21(19(25)14-16)28-23-18(10-11-20(26)22(23)27)24(30)29-32-15-17-7-8-17/h9-12,14,17,28H,3-8,13,15H2,1-2H3,(H,29,30). The lowest BCUT2D eigenvalue weighted by molar-refractivity contribution is 0.0270. The van der Waals surface area contributed by atoms with Crippen molar-refractivity contribution in [2.24, 2.45) is 5.92 Å². The van der Waals surface area contributed by atoms with Gasteiger partial charge < -0.3 is 14.4 Å². The Morgan fingerprint density at radius 3 is 2.49 bits per heavy atom. The summed E-state index contributed by atoms with van der Waals surface area (Å²) in [5, 5.41) is 2.99. The molecule has 3 rings (SSSR count). The van der Waals surface area contributed by atoms with Crippen LogP contribution in [0.15, 0.2) is 30.3 Å². The third-order valence-corrected chi connectivity index (χ3v) is 7.84. The van der Waals surface area contributed by atoms with Crippen molar-refractivity contribution in [3.05, 3.63) is 58.1 Å². The van der Waals surface area contributed by atoms with E-state index in [0.717, 1.165) is 24.5 Å². The summed E-state index contributed by atoms with van der Waals surface area (Å²) in [6.07, 6.45) is 3.46. The van der Waals surface area contributed by atoms with Crippen LogP contribution in [0.25, 0.3) is 0 Å². The van der Waals surface area contributed by atoms with Crippen LogP contribution in [-0.4, -0.2) is 31.9 Å². The first-order valence-corrected chi connectivity index (χ1v) is 13.7. The summed E-state index contributed by atoms with van der Waals surface area (Å²) in [6, 6.07) is 7.10. The number of rotatable bonds is 14. The molecule has 2 aromatic rings. The number of hydrogen-bond donors (Lipinski definition) is 2. The number of hydrogen-bond acceptors (Lipinski definition) is 6. The second-order valence-electron chi connectivity index (χ2n) is 8.18. The lowest BCUT2D eigenvalue weighted by Crippen LogP contribution is -2.26. The Bertz CT molecular complexity index is 1070. The third-order valence-electron chi connectivity index (χ3n) is 5.36. The van der Waals surface area contributed by atoms with Crippen molar-refractivity contribution in [2.75, 3.05) is 31.3 Å². The van der Waals surface area contributed by atoms with E-state index in [1.54, 1.807) is 32.0 Å². The molecule has 7 nitrogen and oxygen atoms in total. The Morgan fingerprint density at radius 1 is 1.14 bits per heavy atom. The van der Waals surface area contributed by atoms with Crippen LogP contribution in [0.2, 0.25) is 5.02 Å². The zero-order chi connectivity index (χ0) is 25.4. The molecule has 1 aliphatic rings. The molecule has 1 amide bonds. The minimum atomic E-state index is -3.13. The van der Waals surface area contributed by atoms with Crippen LogP contribution in [0.4, 0.5) is 20.2 Å². The molecule has 0 spiro atoms. The fraction of sp³-hybridized carbons (Fsp3) is 0.458. The van der Waals surface area contributed by atoms with E-state index in [1.165, 1.54) is 6.07 Å². The molecular formula is C24H30ClF2N2O5P. The Morgan fingerprint density at radius 2 is 1.86 bits per heavy atom. The molecule has 2 N–H and O–H groups in total. The van der Waals surface area contributed by atoms with Gasteiger partial charge >= 0.3 is 7.60 Å². The van der Waals surface area contributed by atoms with E-state index in [9.17, 15) is 18.1 Å². The highest BCUT2D eigenvalue weighted by atomic mass is 35.5. The Hall–Kier alpha value is -2.03. The molecule has 0 heterocycles. The molecule has 0 aliphatic heterocycles. The SMILES string of the molecule is CCOP(=O)(CCCc1ccc(Nc2c(C(=O)NOCC3CC3)ccc(F)c2F)c(Cl)c1)OCC. The van der Waals surface area contributed by atoms with E-state index in [2.05, 4.69) is 10.8 Å². The zero-order valence-electron chi connectivity index (χ0n) is 19.7. The maximum atomic E-state index is 14.6. The average molecular weight is 531 g/mol. The predicted molar refractivity (Wildman–Crippen MR) is 131 cm³/mol. The molecule has 0 unspecified atom stereocenters. The lowest BCUT2D eigenvalue weighted by atomic mass is 10.1. The second-order valence-corrected chi connectivity index (χ2v) is 10.8. The number of hydroxylamine groups is 1. The first-order chi connectivity index (χ1) is 16.8. The van der Waals surface area contributed by atoms with Crippen molar-refractivity contribution in [1.82, 2.24) is 5.48 Å². The van der Waals surface area contributed by atoms with Gasteiger partial charge in [-0.1, -0.05) is 17.7 Å². The van der Waals surface area contributed by atoms with Crippen LogP contribution in [0.1, 0.15) is 49.0 Å². The first-order valence-electron chi connectivity index (χ1n) is 11.6. The largest absolute Gasteiger partial charge is 0.351 e. The van der Waals surface area contributed by atoms with E-state index >= 15 is 0 Å². The predicted octanol–water partition coefficient (Wildman–Crippen LogP) is 6.63. The number of halogens is 3. The molecule has 0 radical (unpaired) electrons. The molecule has 192 valence electrons. The smallest absolute Gasteiger partial charge is 0.330 e. The Kier molecular flexibility index (Phi) is 10.1. The molecular weight excluding hydrogens is 501 g/mol. The van der Waals surface area contributed by atoms with Crippen molar-refractivity contribution in [1.29, 1.82) is 0 Å². The topological polar surface area (TPSA) is 85.9 Å². The lowest BCUT2D eigenvalue weighted by Gasteiger charge is -2.17. The van der Waals surface area contributed by atoms with Gasteiger partial charge in [0.15, 0.2) is 11.6 Å². The summed E-state index contributed by atoms with van der Waals surface area (Å²) in [5.74, 6) is -2.60.